The molecule has 39 heavy (non-hydrogen) atoms. The average molecular weight is 548 g/mol. The molecule has 3 N–H and O–H groups in total. The molecule has 0 radical (unpaired) electrons. The van der Waals surface area contributed by atoms with E-state index in [4.69, 9.17) is 16.3 Å². The number of pyridine rings is 1. The Kier molecular flexibility index (Phi) is 6.15. The molecule has 0 unspecified atom stereocenters. The van der Waals surface area contributed by atoms with Crippen molar-refractivity contribution in [2.24, 2.45) is 11.3 Å². The Morgan fingerprint density at radius 2 is 1.87 bits per heavy atom. The Hall–Kier alpha value is -4.51. The maximum absolute atomic E-state index is 14.9. The fourth-order valence-corrected chi connectivity index (χ4v) is 4.22. The monoisotopic (exact) mass is 547 g/mol. The van der Waals surface area contributed by atoms with Gasteiger partial charge in [0.1, 0.15) is 5.15 Å². The largest absolute Gasteiger partial charge is 0.434 e. The molecule has 0 aliphatic heterocycles. The molecule has 12 heteroatoms. The fraction of sp³-hybridized carbons (Fsp3) is 0.222. The third kappa shape index (κ3) is 5.26. The van der Waals surface area contributed by atoms with Gasteiger partial charge in [0, 0.05) is 29.4 Å². The molecule has 3 aromatic heterocycles. The molecule has 2 fully saturated rings. The summed E-state index contributed by atoms with van der Waals surface area (Å²) in [6.07, 6.45) is 6.06. The Morgan fingerprint density at radius 1 is 1.08 bits per heavy atom. The molecular formula is C27H23ClFN7O3. The van der Waals surface area contributed by atoms with E-state index in [0.717, 1.165) is 12.8 Å². The van der Waals surface area contributed by atoms with E-state index in [1.165, 1.54) is 22.8 Å². The standard InChI is InChI=1S/C27H23ClFN7O3/c1-15(27(10-11-27)26(38)32-18-5-7-21(28)30-13-18)31-17-4-6-20(19(29)12-17)39-24-9-8-23-33-22(14-36(23)35-24)34-25(37)16-2-3-16/h4-9,12-14,16,31H,1-3,10-11H2,(H,32,38)(H,34,37). The minimum absolute atomic E-state index is 0.0329. The number of ether oxygens (including phenoxy) is 1. The number of benzene rings is 1. The lowest BCUT2D eigenvalue weighted by Gasteiger charge is -2.20. The number of fused-ring (bicyclic) bond motifs is 1. The van der Waals surface area contributed by atoms with E-state index in [0.29, 0.717) is 46.5 Å². The van der Waals surface area contributed by atoms with Gasteiger partial charge < -0.3 is 20.7 Å². The summed E-state index contributed by atoms with van der Waals surface area (Å²) in [6, 6.07) is 10.8. The first kappa shape index (κ1) is 24.8. The molecule has 10 nitrogen and oxygen atoms in total. The first-order valence-corrected chi connectivity index (χ1v) is 12.7. The molecule has 2 saturated carbocycles. The number of halogens is 2. The van der Waals surface area contributed by atoms with E-state index < -0.39 is 11.2 Å². The van der Waals surface area contributed by atoms with Crippen molar-refractivity contribution in [3.63, 3.8) is 0 Å². The molecule has 1 aromatic carbocycles. The van der Waals surface area contributed by atoms with Gasteiger partial charge in [-0.15, -0.1) is 5.10 Å². The van der Waals surface area contributed by atoms with Crippen LogP contribution >= 0.6 is 11.6 Å². The van der Waals surface area contributed by atoms with Crippen LogP contribution in [0.5, 0.6) is 11.6 Å². The summed E-state index contributed by atoms with van der Waals surface area (Å²) >= 11 is 5.80. The second-order valence-corrected chi connectivity index (χ2v) is 10.0. The van der Waals surface area contributed by atoms with Crippen molar-refractivity contribution in [1.29, 1.82) is 0 Å². The van der Waals surface area contributed by atoms with Crippen molar-refractivity contribution in [2.45, 2.75) is 25.7 Å². The predicted molar refractivity (Wildman–Crippen MR) is 143 cm³/mol. The highest BCUT2D eigenvalue weighted by Crippen LogP contribution is 2.52. The lowest BCUT2D eigenvalue weighted by atomic mass is 10.0. The zero-order chi connectivity index (χ0) is 27.1. The predicted octanol–water partition coefficient (Wildman–Crippen LogP) is 5.40. The zero-order valence-corrected chi connectivity index (χ0v) is 21.3. The van der Waals surface area contributed by atoms with Crippen molar-refractivity contribution >= 4 is 46.3 Å². The van der Waals surface area contributed by atoms with Crippen LogP contribution in [-0.2, 0) is 9.59 Å². The summed E-state index contributed by atoms with van der Waals surface area (Å²) in [5, 5.41) is 13.3. The van der Waals surface area contributed by atoms with Crippen molar-refractivity contribution in [3.8, 4) is 11.6 Å². The maximum atomic E-state index is 14.9. The number of nitrogens with zero attached hydrogens (tertiary/aromatic N) is 4. The highest BCUT2D eigenvalue weighted by atomic mass is 35.5. The Bertz CT molecular complexity index is 1610. The van der Waals surface area contributed by atoms with E-state index >= 15 is 0 Å². The van der Waals surface area contributed by atoms with Crippen molar-refractivity contribution in [2.75, 3.05) is 16.0 Å². The molecule has 0 spiro atoms. The van der Waals surface area contributed by atoms with Crippen LogP contribution in [0.15, 0.2) is 67.1 Å². The Balaban J connectivity index is 1.10. The van der Waals surface area contributed by atoms with E-state index in [1.807, 2.05) is 0 Å². The van der Waals surface area contributed by atoms with Crippen molar-refractivity contribution in [3.05, 3.63) is 78.1 Å². The maximum Gasteiger partial charge on any atom is 0.237 e. The molecule has 2 aliphatic rings. The molecule has 6 rings (SSSR count). The normalized spacial score (nSPS) is 15.4. The number of imidazole rings is 1. The summed E-state index contributed by atoms with van der Waals surface area (Å²) in [5.41, 5.74) is 1.12. The van der Waals surface area contributed by atoms with Gasteiger partial charge in [-0.2, -0.15) is 0 Å². The highest BCUT2D eigenvalue weighted by Gasteiger charge is 2.52. The number of carbonyl (C=O) groups is 2. The molecule has 4 aromatic rings. The lowest BCUT2D eigenvalue weighted by Crippen LogP contribution is -2.28. The van der Waals surface area contributed by atoms with Crippen molar-refractivity contribution in [1.82, 2.24) is 19.6 Å². The fourth-order valence-electron chi connectivity index (χ4n) is 4.11. The van der Waals surface area contributed by atoms with Gasteiger partial charge in [-0.1, -0.05) is 18.2 Å². The van der Waals surface area contributed by atoms with E-state index in [1.54, 1.807) is 36.5 Å². The summed E-state index contributed by atoms with van der Waals surface area (Å²) in [7, 11) is 0. The summed E-state index contributed by atoms with van der Waals surface area (Å²) in [4.78, 5) is 33.2. The van der Waals surface area contributed by atoms with Gasteiger partial charge in [0.05, 0.1) is 23.5 Å². The number of hydrogen-bond acceptors (Lipinski definition) is 7. The van der Waals surface area contributed by atoms with Crippen LogP contribution in [0.1, 0.15) is 25.7 Å². The van der Waals surface area contributed by atoms with Crippen LogP contribution in [0, 0.1) is 17.2 Å². The van der Waals surface area contributed by atoms with Gasteiger partial charge in [0.15, 0.2) is 23.0 Å². The third-order valence-corrected chi connectivity index (χ3v) is 6.91. The summed E-state index contributed by atoms with van der Waals surface area (Å²) < 4.78 is 22.0. The van der Waals surface area contributed by atoms with Gasteiger partial charge in [0.25, 0.3) is 0 Å². The topological polar surface area (TPSA) is 123 Å². The minimum Gasteiger partial charge on any atom is -0.434 e. The number of hydrogen-bond donors (Lipinski definition) is 3. The quantitative estimate of drug-likeness (QED) is 0.240. The van der Waals surface area contributed by atoms with Gasteiger partial charge in [-0.25, -0.2) is 18.9 Å². The van der Waals surface area contributed by atoms with E-state index in [2.05, 4.69) is 37.6 Å². The smallest absolute Gasteiger partial charge is 0.237 e. The number of aromatic nitrogens is 4. The Morgan fingerprint density at radius 3 is 2.56 bits per heavy atom. The number of rotatable bonds is 9. The van der Waals surface area contributed by atoms with Crippen LogP contribution in [-0.4, -0.2) is 31.4 Å². The van der Waals surface area contributed by atoms with Crippen LogP contribution in [0.2, 0.25) is 5.15 Å². The van der Waals surface area contributed by atoms with Crippen molar-refractivity contribution < 1.29 is 18.7 Å². The van der Waals surface area contributed by atoms with E-state index in [9.17, 15) is 14.0 Å². The van der Waals surface area contributed by atoms with E-state index in [-0.39, 0.29) is 29.4 Å². The first-order chi connectivity index (χ1) is 18.8. The second kappa shape index (κ2) is 9.66. The first-order valence-electron chi connectivity index (χ1n) is 12.3. The molecule has 3 heterocycles. The number of carbonyl (C=O) groups excluding carboxylic acids is 2. The van der Waals surface area contributed by atoms with Crippen LogP contribution in [0.4, 0.5) is 21.6 Å². The number of nitrogens with one attached hydrogen (secondary N) is 3. The summed E-state index contributed by atoms with van der Waals surface area (Å²) in [6.45, 7) is 4.04. The van der Waals surface area contributed by atoms with Gasteiger partial charge in [0.2, 0.25) is 17.7 Å². The van der Waals surface area contributed by atoms with Gasteiger partial charge in [-0.05, 0) is 56.0 Å². The third-order valence-electron chi connectivity index (χ3n) is 6.68. The van der Waals surface area contributed by atoms with Gasteiger partial charge >= 0.3 is 0 Å². The molecular weight excluding hydrogens is 525 g/mol. The average Bonchev–Trinajstić information content (AvgIpc) is 3.83. The lowest BCUT2D eigenvalue weighted by molar-refractivity contribution is -0.120. The summed E-state index contributed by atoms with van der Waals surface area (Å²) in [5.74, 6) is -0.340. The van der Waals surface area contributed by atoms with Crippen LogP contribution in [0.25, 0.3) is 5.65 Å². The molecule has 0 saturated heterocycles. The van der Waals surface area contributed by atoms with Crippen LogP contribution < -0.4 is 20.7 Å². The molecule has 2 amide bonds. The minimum atomic E-state index is -0.799. The number of amides is 2. The molecule has 0 bridgehead atoms. The second-order valence-electron chi connectivity index (χ2n) is 9.62. The zero-order valence-electron chi connectivity index (χ0n) is 20.6. The highest BCUT2D eigenvalue weighted by molar-refractivity contribution is 6.29. The molecule has 2 aliphatic carbocycles. The Labute approximate surface area is 227 Å². The SMILES string of the molecule is C=C(Nc1ccc(Oc2ccc3nc(NC(=O)C4CC4)cn3n2)c(F)c1)C1(C(=O)Nc2ccc(Cl)nc2)CC1. The molecule has 0 atom stereocenters. The number of anilines is 3. The van der Waals surface area contributed by atoms with Crippen LogP contribution in [0.3, 0.4) is 0 Å². The molecule has 198 valence electrons. The van der Waals surface area contributed by atoms with Gasteiger partial charge in [-0.3, -0.25) is 9.59 Å².